The molecule has 0 unspecified atom stereocenters. The maximum Gasteiger partial charge on any atom is 0.362 e. The van der Waals surface area contributed by atoms with E-state index >= 15 is 0 Å². The lowest BCUT2D eigenvalue weighted by molar-refractivity contribution is -0.131. The van der Waals surface area contributed by atoms with Gasteiger partial charge in [0.1, 0.15) is 0 Å². The normalized spacial score (nSPS) is 12.4. The number of ether oxygens (including phenoxy) is 3. The Hall–Kier alpha value is -1.60. The van der Waals surface area contributed by atoms with Crippen LogP contribution in [0.2, 0.25) is 45.3 Å². The number of rotatable bonds is 14. The fraction of sp³-hybridized carbons (Fsp3) is 0.591. The fourth-order valence-electron chi connectivity index (χ4n) is 3.18. The van der Waals surface area contributed by atoms with Crippen LogP contribution in [0.3, 0.4) is 0 Å². The van der Waals surface area contributed by atoms with E-state index < -0.39 is 31.9 Å². The summed E-state index contributed by atoms with van der Waals surface area (Å²) in [5.41, 5.74) is 1.64. The zero-order valence-corrected chi connectivity index (χ0v) is 24.0. The summed E-state index contributed by atoms with van der Waals surface area (Å²) in [7, 11) is -0.0110. The standard InChI is InChI=1S/C22H39O7Si3/c1-25-19-16-17(13-14-20(23)24)18(21(26-2)22(19)27-3)12-10-11-15-30(28-31(4,5)6)29-32(7,8)9/h13-14,16H,10-12,15H2,1-9H3,(H,23,24). The minimum absolute atomic E-state index is 0.496. The van der Waals surface area contributed by atoms with Gasteiger partial charge in [-0.1, -0.05) is 6.42 Å². The molecule has 0 bridgehead atoms. The van der Waals surface area contributed by atoms with Crippen LogP contribution >= 0.6 is 0 Å². The number of aliphatic carboxylic acids is 1. The highest BCUT2D eigenvalue weighted by molar-refractivity contribution is 6.81. The van der Waals surface area contributed by atoms with E-state index in [0.717, 1.165) is 36.1 Å². The smallest absolute Gasteiger partial charge is 0.362 e. The third kappa shape index (κ3) is 9.90. The molecule has 0 atom stereocenters. The molecule has 1 rings (SSSR count). The zero-order chi connectivity index (χ0) is 24.5. The van der Waals surface area contributed by atoms with Crippen LogP contribution in [-0.4, -0.2) is 58.3 Å². The van der Waals surface area contributed by atoms with Crippen LogP contribution in [0.15, 0.2) is 12.1 Å². The number of unbranched alkanes of at least 4 members (excludes halogenated alkanes) is 1. The maximum atomic E-state index is 11.1. The first-order chi connectivity index (χ1) is 14.8. The van der Waals surface area contributed by atoms with Crippen LogP contribution in [0.4, 0.5) is 0 Å². The van der Waals surface area contributed by atoms with Crippen LogP contribution in [0.25, 0.3) is 6.08 Å². The second-order valence-electron chi connectivity index (χ2n) is 9.39. The lowest BCUT2D eigenvalue weighted by Crippen LogP contribution is -2.43. The molecule has 1 aromatic rings. The summed E-state index contributed by atoms with van der Waals surface area (Å²) in [6, 6.07) is 2.70. The molecule has 0 saturated heterocycles. The van der Waals surface area contributed by atoms with Gasteiger partial charge in [-0.2, -0.15) is 0 Å². The summed E-state index contributed by atoms with van der Waals surface area (Å²) in [4.78, 5) is 11.1. The molecule has 181 valence electrons. The van der Waals surface area contributed by atoms with Gasteiger partial charge in [-0.05, 0) is 75.9 Å². The average molecular weight is 500 g/mol. The van der Waals surface area contributed by atoms with E-state index in [9.17, 15) is 4.79 Å². The summed E-state index contributed by atoms with van der Waals surface area (Å²) in [5, 5.41) is 9.09. The van der Waals surface area contributed by atoms with Gasteiger partial charge in [-0.3, -0.25) is 0 Å². The molecule has 0 aliphatic rings. The third-order valence-electron chi connectivity index (χ3n) is 4.27. The third-order valence-corrected chi connectivity index (χ3v) is 11.8. The first kappa shape index (κ1) is 28.4. The van der Waals surface area contributed by atoms with Crippen LogP contribution in [0.5, 0.6) is 17.2 Å². The van der Waals surface area contributed by atoms with Crippen molar-refractivity contribution in [3.63, 3.8) is 0 Å². The van der Waals surface area contributed by atoms with Gasteiger partial charge in [0, 0.05) is 11.6 Å². The van der Waals surface area contributed by atoms with Gasteiger partial charge in [-0.15, -0.1) is 0 Å². The number of carboxylic acid groups (broad SMARTS) is 1. The molecule has 0 fully saturated rings. The second kappa shape index (κ2) is 12.6. The van der Waals surface area contributed by atoms with E-state index in [-0.39, 0.29) is 0 Å². The van der Waals surface area contributed by atoms with Crippen LogP contribution in [0.1, 0.15) is 24.0 Å². The molecular weight excluding hydrogens is 460 g/mol. The minimum Gasteiger partial charge on any atom is -0.493 e. The van der Waals surface area contributed by atoms with E-state index in [2.05, 4.69) is 39.3 Å². The van der Waals surface area contributed by atoms with Crippen molar-refractivity contribution in [3.05, 3.63) is 23.3 Å². The zero-order valence-electron chi connectivity index (χ0n) is 21.0. The van der Waals surface area contributed by atoms with Gasteiger partial charge in [0.05, 0.1) is 21.3 Å². The summed E-state index contributed by atoms with van der Waals surface area (Å²) >= 11 is 0. The van der Waals surface area contributed by atoms with Gasteiger partial charge >= 0.3 is 15.3 Å². The van der Waals surface area contributed by atoms with Crippen molar-refractivity contribution in [3.8, 4) is 17.2 Å². The van der Waals surface area contributed by atoms with Crippen LogP contribution in [-0.2, 0) is 19.4 Å². The molecule has 0 aliphatic carbocycles. The first-order valence-electron chi connectivity index (χ1n) is 10.8. The molecular formula is C22H39O7Si3. The predicted molar refractivity (Wildman–Crippen MR) is 135 cm³/mol. The average Bonchev–Trinajstić information content (AvgIpc) is 2.66. The Morgan fingerprint density at radius 2 is 1.50 bits per heavy atom. The Labute approximate surface area is 196 Å². The highest BCUT2D eigenvalue weighted by atomic mass is 28.4. The molecule has 10 heteroatoms. The monoisotopic (exact) mass is 499 g/mol. The van der Waals surface area contributed by atoms with Gasteiger partial charge in [0.2, 0.25) is 5.75 Å². The van der Waals surface area contributed by atoms with Crippen molar-refractivity contribution in [1.29, 1.82) is 0 Å². The van der Waals surface area contributed by atoms with E-state index in [1.165, 1.54) is 0 Å². The minimum atomic E-state index is -1.68. The molecule has 1 N–H and O–H groups in total. The van der Waals surface area contributed by atoms with Crippen molar-refractivity contribution in [2.45, 2.75) is 64.6 Å². The lowest BCUT2D eigenvalue weighted by atomic mass is 9.99. The molecule has 7 nitrogen and oxygen atoms in total. The first-order valence-corrected chi connectivity index (χ1v) is 19.1. The van der Waals surface area contributed by atoms with Gasteiger partial charge < -0.3 is 27.5 Å². The van der Waals surface area contributed by atoms with Crippen LogP contribution < -0.4 is 14.2 Å². The highest BCUT2D eigenvalue weighted by Gasteiger charge is 2.29. The Bertz CT molecular complexity index is 767. The SMILES string of the molecule is COc1cc(C=CC(=O)O)c(CCCC[Si](O[Si](C)(C)C)O[Si](C)(C)C)c(OC)c1OC. The largest absolute Gasteiger partial charge is 0.493 e. The Morgan fingerprint density at radius 3 is 1.94 bits per heavy atom. The Balaban J connectivity index is 3.07. The van der Waals surface area contributed by atoms with E-state index in [0.29, 0.717) is 23.7 Å². The lowest BCUT2D eigenvalue weighted by Gasteiger charge is -2.29. The summed E-state index contributed by atoms with van der Waals surface area (Å²) in [6.07, 6.45) is 5.23. The quantitative estimate of drug-likeness (QED) is 0.210. The van der Waals surface area contributed by atoms with Gasteiger partial charge in [-0.25, -0.2) is 4.79 Å². The van der Waals surface area contributed by atoms with Crippen molar-refractivity contribution < 1.29 is 32.3 Å². The van der Waals surface area contributed by atoms with Crippen molar-refractivity contribution in [2.24, 2.45) is 0 Å². The number of carboxylic acids is 1. The number of hydrogen-bond donors (Lipinski definition) is 1. The van der Waals surface area contributed by atoms with Crippen molar-refractivity contribution in [1.82, 2.24) is 0 Å². The molecule has 1 aromatic carbocycles. The molecule has 0 aliphatic heterocycles. The number of carbonyl (C=O) groups is 1. The molecule has 0 heterocycles. The summed E-state index contributed by atoms with van der Waals surface area (Å²) in [6.45, 7) is 13.2. The summed E-state index contributed by atoms with van der Waals surface area (Å²) in [5.74, 6) is 0.560. The van der Waals surface area contributed by atoms with E-state index in [4.69, 9.17) is 27.5 Å². The molecule has 0 aromatic heterocycles. The Kier molecular flexibility index (Phi) is 11.2. The Morgan fingerprint density at radius 1 is 0.938 bits per heavy atom. The topological polar surface area (TPSA) is 83.5 Å². The molecule has 0 spiro atoms. The highest BCUT2D eigenvalue weighted by Crippen LogP contribution is 2.43. The fourth-order valence-corrected chi connectivity index (χ4v) is 10.5. The maximum absolute atomic E-state index is 11.1. The van der Waals surface area contributed by atoms with Gasteiger partial charge in [0.15, 0.2) is 28.1 Å². The van der Waals surface area contributed by atoms with Gasteiger partial charge in [0.25, 0.3) is 0 Å². The van der Waals surface area contributed by atoms with E-state index in [1.54, 1.807) is 33.5 Å². The molecule has 32 heavy (non-hydrogen) atoms. The van der Waals surface area contributed by atoms with Crippen molar-refractivity contribution >= 4 is 38.0 Å². The van der Waals surface area contributed by atoms with Crippen molar-refractivity contribution in [2.75, 3.05) is 21.3 Å². The number of hydrogen-bond acceptors (Lipinski definition) is 6. The molecule has 1 radical (unpaired) electrons. The number of methoxy groups -OCH3 is 3. The van der Waals surface area contributed by atoms with Crippen LogP contribution in [0, 0.1) is 0 Å². The predicted octanol–water partition coefficient (Wildman–Crippen LogP) is 5.32. The summed E-state index contributed by atoms with van der Waals surface area (Å²) < 4.78 is 29.4. The van der Waals surface area contributed by atoms with E-state index in [1.807, 2.05) is 0 Å². The number of benzene rings is 1. The molecule has 0 saturated carbocycles. The molecule has 0 amide bonds. The second-order valence-corrected chi connectivity index (χ2v) is 20.7.